The molecule has 1 aromatic carbocycles. The minimum Gasteiger partial charge on any atom is -0.298 e. The fraction of sp³-hybridized carbons (Fsp3) is 0.364. The van der Waals surface area contributed by atoms with Crippen LogP contribution in [0.2, 0.25) is 0 Å². The summed E-state index contributed by atoms with van der Waals surface area (Å²) in [5.41, 5.74) is 2.18. The maximum atomic E-state index is 11.2. The summed E-state index contributed by atoms with van der Waals surface area (Å²) in [5.74, 6) is 0.124. The maximum absolute atomic E-state index is 11.2. The number of hydrogen-bond donors (Lipinski definition) is 1. The van der Waals surface area contributed by atoms with Crippen molar-refractivity contribution >= 4 is 34.3 Å². The lowest BCUT2D eigenvalue weighted by Crippen LogP contribution is -2.01. The molecule has 0 radical (unpaired) electrons. The molecule has 0 aliphatic carbocycles. The van der Waals surface area contributed by atoms with Crippen molar-refractivity contribution in [1.29, 1.82) is 0 Å². The number of thiol groups is 1. The zero-order valence-electron chi connectivity index (χ0n) is 8.25. The van der Waals surface area contributed by atoms with Crippen LogP contribution in [0.25, 0.3) is 0 Å². The fourth-order valence-corrected chi connectivity index (χ4v) is 1.86. The Morgan fingerprint density at radius 3 is 2.71 bits per heavy atom. The summed E-state index contributed by atoms with van der Waals surface area (Å²) >= 11 is 7.71. The molecule has 1 unspecified atom stereocenters. The molecule has 0 saturated carbocycles. The Bertz CT molecular complexity index is 349. The topological polar surface area (TPSA) is 17.1 Å². The number of Topliss-reactive ketones (excluding diaryl/α,β-unsaturated/α-hetero) is 1. The number of aryl methyl sites for hydroxylation is 1. The molecular weight excluding hydrogens is 260 g/mol. The first-order valence-corrected chi connectivity index (χ1v) is 5.88. The van der Waals surface area contributed by atoms with Gasteiger partial charge in [-0.1, -0.05) is 35.0 Å². The first-order chi connectivity index (χ1) is 6.56. The summed E-state index contributed by atoms with van der Waals surface area (Å²) in [6, 6.07) is 5.90. The highest BCUT2D eigenvalue weighted by molar-refractivity contribution is 9.09. The van der Waals surface area contributed by atoms with Gasteiger partial charge < -0.3 is 0 Å². The van der Waals surface area contributed by atoms with Crippen molar-refractivity contribution in [2.24, 2.45) is 0 Å². The fourth-order valence-electron chi connectivity index (χ4n) is 1.28. The Kier molecular flexibility index (Phi) is 4.20. The van der Waals surface area contributed by atoms with Gasteiger partial charge >= 0.3 is 0 Å². The summed E-state index contributed by atoms with van der Waals surface area (Å²) in [6.07, 6.45) is 0.935. The van der Waals surface area contributed by atoms with Gasteiger partial charge in [0.05, 0.1) is 4.83 Å². The van der Waals surface area contributed by atoms with Crippen LogP contribution in [0.5, 0.6) is 0 Å². The van der Waals surface area contributed by atoms with Gasteiger partial charge in [0.25, 0.3) is 0 Å². The van der Waals surface area contributed by atoms with Gasteiger partial charge in [-0.15, -0.1) is 12.6 Å². The monoisotopic (exact) mass is 272 g/mol. The molecule has 0 bridgehead atoms. The van der Waals surface area contributed by atoms with E-state index in [1.807, 2.05) is 18.2 Å². The van der Waals surface area contributed by atoms with Crippen LogP contribution in [-0.4, -0.2) is 5.78 Å². The van der Waals surface area contributed by atoms with Crippen molar-refractivity contribution in [2.45, 2.75) is 30.0 Å². The molecule has 1 aromatic rings. The van der Waals surface area contributed by atoms with Crippen molar-refractivity contribution in [3.05, 3.63) is 29.3 Å². The first-order valence-electron chi connectivity index (χ1n) is 4.52. The third-order valence-corrected chi connectivity index (χ3v) is 3.74. The third kappa shape index (κ3) is 2.61. The first kappa shape index (κ1) is 11.8. The van der Waals surface area contributed by atoms with Gasteiger partial charge in [-0.2, -0.15) is 0 Å². The average molecular weight is 273 g/mol. The van der Waals surface area contributed by atoms with Gasteiger partial charge in [-0.3, -0.25) is 4.79 Å². The highest BCUT2D eigenvalue weighted by Gasteiger charge is 2.13. The summed E-state index contributed by atoms with van der Waals surface area (Å²) in [5, 5.41) is 0. The van der Waals surface area contributed by atoms with Crippen molar-refractivity contribution < 1.29 is 4.79 Å². The predicted octanol–water partition coefficient (Wildman–Crippen LogP) is 3.56. The van der Waals surface area contributed by atoms with Crippen molar-refractivity contribution in [2.75, 3.05) is 0 Å². The van der Waals surface area contributed by atoms with Crippen molar-refractivity contribution in [1.82, 2.24) is 0 Å². The zero-order chi connectivity index (χ0) is 10.7. The average Bonchev–Trinajstić information content (AvgIpc) is 2.17. The second kappa shape index (κ2) is 4.99. The van der Waals surface area contributed by atoms with Crippen LogP contribution in [0.3, 0.4) is 0 Å². The molecule has 0 heterocycles. The van der Waals surface area contributed by atoms with Gasteiger partial charge in [0.15, 0.2) is 0 Å². The Morgan fingerprint density at radius 1 is 1.57 bits per heavy atom. The number of hydrogen-bond acceptors (Lipinski definition) is 2. The standard InChI is InChI=1S/C11H13BrOS/c1-3-8-6-9(4-5-10(8)14)11(12)7(2)13/h4-6,11,14H,3H2,1-2H3. The zero-order valence-corrected chi connectivity index (χ0v) is 10.7. The van der Waals surface area contributed by atoms with Gasteiger partial charge in [0.2, 0.25) is 0 Å². The Labute approximate surface area is 98.4 Å². The van der Waals surface area contributed by atoms with Gasteiger partial charge in [-0.05, 0) is 30.5 Å². The quantitative estimate of drug-likeness (QED) is 0.658. The molecule has 76 valence electrons. The molecule has 0 fully saturated rings. The number of halogens is 1. The number of alkyl halides is 1. The third-order valence-electron chi connectivity index (χ3n) is 2.13. The van der Waals surface area contributed by atoms with Crippen LogP contribution >= 0.6 is 28.6 Å². The molecule has 1 rings (SSSR count). The van der Waals surface area contributed by atoms with Gasteiger partial charge in [0, 0.05) is 4.90 Å². The van der Waals surface area contributed by atoms with Crippen LogP contribution in [0.15, 0.2) is 23.1 Å². The molecule has 14 heavy (non-hydrogen) atoms. The predicted molar refractivity (Wildman–Crippen MR) is 65.4 cm³/mol. The summed E-state index contributed by atoms with van der Waals surface area (Å²) in [7, 11) is 0. The number of carbonyl (C=O) groups excluding carboxylic acids is 1. The molecule has 0 aliphatic heterocycles. The highest BCUT2D eigenvalue weighted by atomic mass is 79.9. The van der Waals surface area contributed by atoms with Crippen LogP contribution in [0.1, 0.15) is 29.8 Å². The van der Waals surface area contributed by atoms with E-state index >= 15 is 0 Å². The van der Waals surface area contributed by atoms with Crippen LogP contribution < -0.4 is 0 Å². The minimum absolute atomic E-state index is 0.124. The number of carbonyl (C=O) groups is 1. The van der Waals surface area contributed by atoms with E-state index < -0.39 is 0 Å². The normalized spacial score (nSPS) is 12.6. The van der Waals surface area contributed by atoms with E-state index in [1.165, 1.54) is 5.56 Å². The van der Waals surface area contributed by atoms with E-state index in [1.54, 1.807) is 6.92 Å². The molecule has 1 nitrogen and oxygen atoms in total. The van der Waals surface area contributed by atoms with Crippen molar-refractivity contribution in [3.63, 3.8) is 0 Å². The lowest BCUT2D eigenvalue weighted by atomic mass is 10.0. The lowest BCUT2D eigenvalue weighted by molar-refractivity contribution is -0.116. The minimum atomic E-state index is -0.193. The number of ketones is 1. The molecule has 3 heteroatoms. The SMILES string of the molecule is CCc1cc(C(Br)C(C)=O)ccc1S. The molecule has 0 aromatic heterocycles. The number of benzene rings is 1. The summed E-state index contributed by atoms with van der Waals surface area (Å²) < 4.78 is 0. The second-order valence-corrected chi connectivity index (χ2v) is 4.61. The second-order valence-electron chi connectivity index (χ2n) is 3.21. The summed E-state index contributed by atoms with van der Waals surface area (Å²) in [6.45, 7) is 3.66. The lowest BCUT2D eigenvalue weighted by Gasteiger charge is -2.09. The molecular formula is C11H13BrOS. The van der Waals surface area contributed by atoms with Gasteiger partial charge in [0.1, 0.15) is 5.78 Å². The van der Waals surface area contributed by atoms with Crippen molar-refractivity contribution in [3.8, 4) is 0 Å². The van der Waals surface area contributed by atoms with E-state index in [0.29, 0.717) is 0 Å². The largest absolute Gasteiger partial charge is 0.298 e. The van der Waals surface area contributed by atoms with E-state index in [0.717, 1.165) is 16.9 Å². The molecule has 0 aliphatic rings. The molecule has 1 atom stereocenters. The molecule has 0 N–H and O–H groups in total. The van der Waals surface area contributed by atoms with Gasteiger partial charge in [-0.25, -0.2) is 0 Å². The van der Waals surface area contributed by atoms with Crippen LogP contribution in [0, 0.1) is 0 Å². The van der Waals surface area contributed by atoms with Crippen LogP contribution in [0.4, 0.5) is 0 Å². The molecule has 0 amide bonds. The van der Waals surface area contributed by atoms with E-state index in [9.17, 15) is 4.79 Å². The van der Waals surface area contributed by atoms with Crippen LogP contribution in [-0.2, 0) is 11.2 Å². The Balaban J connectivity index is 3.06. The number of rotatable bonds is 3. The highest BCUT2D eigenvalue weighted by Crippen LogP contribution is 2.27. The van der Waals surface area contributed by atoms with E-state index in [-0.39, 0.29) is 10.6 Å². The molecule has 0 saturated heterocycles. The van der Waals surface area contributed by atoms with E-state index in [4.69, 9.17) is 0 Å². The smallest absolute Gasteiger partial charge is 0.147 e. The van der Waals surface area contributed by atoms with E-state index in [2.05, 4.69) is 35.5 Å². The summed E-state index contributed by atoms with van der Waals surface area (Å²) in [4.78, 5) is 12.0. The maximum Gasteiger partial charge on any atom is 0.147 e. The Hall–Kier alpha value is -0.280. The molecule has 0 spiro atoms. The Morgan fingerprint density at radius 2 is 2.21 bits per heavy atom.